The third-order valence-corrected chi connectivity index (χ3v) is 4.01. The summed E-state index contributed by atoms with van der Waals surface area (Å²) in [4.78, 5) is 1.88. The van der Waals surface area contributed by atoms with Crippen molar-refractivity contribution in [1.82, 2.24) is 10.2 Å². The predicted octanol–water partition coefficient (Wildman–Crippen LogP) is 3.55. The van der Waals surface area contributed by atoms with E-state index in [-0.39, 0.29) is 0 Å². The number of piperazine rings is 1. The van der Waals surface area contributed by atoms with Crippen molar-refractivity contribution in [2.45, 2.75) is 25.6 Å². The first-order valence-electron chi connectivity index (χ1n) is 6.64. The molecule has 1 fully saturated rings. The van der Waals surface area contributed by atoms with Gasteiger partial charge in [0.15, 0.2) is 0 Å². The van der Waals surface area contributed by atoms with Crippen molar-refractivity contribution in [2.75, 3.05) is 26.2 Å². The zero-order chi connectivity index (χ0) is 14.8. The molecule has 0 spiro atoms. The van der Waals surface area contributed by atoms with E-state index in [1.54, 1.807) is 18.2 Å². The van der Waals surface area contributed by atoms with Gasteiger partial charge in [-0.1, -0.05) is 23.7 Å². The Bertz CT molecular complexity index is 456. The van der Waals surface area contributed by atoms with E-state index < -0.39 is 18.6 Å². The number of aryl methyl sites for hydroxylation is 1. The molecule has 112 valence electrons. The lowest BCUT2D eigenvalue weighted by atomic mass is 9.99. The van der Waals surface area contributed by atoms with Gasteiger partial charge in [0.1, 0.15) is 0 Å². The molecule has 1 heterocycles. The van der Waals surface area contributed by atoms with Crippen LogP contribution in [-0.2, 0) is 0 Å². The molecule has 0 amide bonds. The van der Waals surface area contributed by atoms with E-state index in [1.807, 2.05) is 11.8 Å². The second-order valence-corrected chi connectivity index (χ2v) is 5.54. The van der Waals surface area contributed by atoms with E-state index in [0.29, 0.717) is 36.8 Å². The topological polar surface area (TPSA) is 15.3 Å². The van der Waals surface area contributed by atoms with Gasteiger partial charge in [-0.05, 0) is 24.1 Å². The highest BCUT2D eigenvalue weighted by Crippen LogP contribution is 2.35. The van der Waals surface area contributed by atoms with Crippen molar-refractivity contribution < 1.29 is 13.2 Å². The fraction of sp³-hybridized carbons (Fsp3) is 0.571. The summed E-state index contributed by atoms with van der Waals surface area (Å²) in [5.41, 5.74) is 1.52. The molecule has 1 N–H and O–H groups in total. The lowest BCUT2D eigenvalue weighted by molar-refractivity contribution is -0.148. The van der Waals surface area contributed by atoms with Gasteiger partial charge < -0.3 is 5.32 Å². The Morgan fingerprint density at radius 2 is 1.95 bits per heavy atom. The van der Waals surface area contributed by atoms with Crippen LogP contribution in [-0.4, -0.2) is 37.3 Å². The van der Waals surface area contributed by atoms with Gasteiger partial charge in [0.05, 0.1) is 6.42 Å². The Morgan fingerprint density at radius 3 is 2.50 bits per heavy atom. The molecule has 1 atom stereocenters. The molecule has 1 aromatic rings. The molecule has 0 unspecified atom stereocenters. The number of hydrogen-bond acceptors (Lipinski definition) is 2. The van der Waals surface area contributed by atoms with Crippen molar-refractivity contribution in [1.29, 1.82) is 0 Å². The van der Waals surface area contributed by atoms with Crippen LogP contribution < -0.4 is 5.32 Å². The van der Waals surface area contributed by atoms with Crippen LogP contribution in [0.1, 0.15) is 23.6 Å². The molecule has 0 bridgehead atoms. The summed E-state index contributed by atoms with van der Waals surface area (Å²) in [5.74, 6) is 0. The van der Waals surface area contributed by atoms with E-state index in [1.165, 1.54) is 0 Å². The Morgan fingerprint density at radius 1 is 1.30 bits per heavy atom. The molecule has 2 nitrogen and oxygen atoms in total. The molecular formula is C14H18ClF3N2. The highest BCUT2D eigenvalue weighted by Gasteiger charge is 2.36. The first kappa shape index (κ1) is 15.6. The molecule has 1 aliphatic rings. The van der Waals surface area contributed by atoms with Crippen LogP contribution in [0.2, 0.25) is 5.02 Å². The minimum atomic E-state index is -4.19. The minimum absolute atomic E-state index is 0.518. The van der Waals surface area contributed by atoms with Gasteiger partial charge in [0.25, 0.3) is 0 Å². The van der Waals surface area contributed by atoms with Gasteiger partial charge in [0, 0.05) is 37.2 Å². The summed E-state index contributed by atoms with van der Waals surface area (Å²) in [6.45, 7) is 4.51. The van der Waals surface area contributed by atoms with E-state index >= 15 is 0 Å². The van der Waals surface area contributed by atoms with Crippen molar-refractivity contribution in [2.24, 2.45) is 0 Å². The number of nitrogens with zero attached hydrogens (tertiary/aromatic N) is 1. The average molecular weight is 307 g/mol. The number of benzene rings is 1. The zero-order valence-corrected chi connectivity index (χ0v) is 12.1. The van der Waals surface area contributed by atoms with E-state index in [0.717, 1.165) is 5.56 Å². The summed E-state index contributed by atoms with van der Waals surface area (Å²) >= 11 is 6.06. The molecule has 1 saturated heterocycles. The minimum Gasteiger partial charge on any atom is -0.314 e. The van der Waals surface area contributed by atoms with Crippen LogP contribution in [0, 0.1) is 6.92 Å². The first-order chi connectivity index (χ1) is 9.37. The summed E-state index contributed by atoms with van der Waals surface area (Å²) in [6, 6.07) is 4.54. The van der Waals surface area contributed by atoms with Gasteiger partial charge in [-0.2, -0.15) is 13.2 Å². The number of rotatable bonds is 3. The van der Waals surface area contributed by atoms with Gasteiger partial charge >= 0.3 is 6.18 Å². The Labute approximate surface area is 121 Å². The predicted molar refractivity (Wildman–Crippen MR) is 74.0 cm³/mol. The zero-order valence-electron chi connectivity index (χ0n) is 11.3. The van der Waals surface area contributed by atoms with Gasteiger partial charge in [-0.3, -0.25) is 4.90 Å². The summed E-state index contributed by atoms with van der Waals surface area (Å²) in [7, 11) is 0. The van der Waals surface area contributed by atoms with Crippen LogP contribution in [0.5, 0.6) is 0 Å². The van der Waals surface area contributed by atoms with Crippen molar-refractivity contribution in [3.8, 4) is 0 Å². The van der Waals surface area contributed by atoms with Crippen LogP contribution in [0.3, 0.4) is 0 Å². The number of nitrogens with one attached hydrogen (secondary N) is 1. The SMILES string of the molecule is Cc1ccc([C@@H](CC(F)(F)F)N2CCNCC2)cc1Cl. The lowest BCUT2D eigenvalue weighted by Crippen LogP contribution is -2.46. The molecule has 0 aromatic heterocycles. The molecule has 0 aliphatic carbocycles. The molecule has 20 heavy (non-hydrogen) atoms. The van der Waals surface area contributed by atoms with Crippen LogP contribution in [0.25, 0.3) is 0 Å². The quantitative estimate of drug-likeness (QED) is 0.919. The molecular weight excluding hydrogens is 289 g/mol. The standard InChI is InChI=1S/C14H18ClF3N2/c1-10-2-3-11(8-12(10)15)13(9-14(16,17)18)20-6-4-19-5-7-20/h2-3,8,13,19H,4-7,9H2,1H3/t13-/m1/s1. The normalized spacial score (nSPS) is 19.1. The maximum absolute atomic E-state index is 12.9. The summed E-state index contributed by atoms with van der Waals surface area (Å²) in [5, 5.41) is 3.67. The largest absolute Gasteiger partial charge is 0.390 e. The number of alkyl halides is 3. The van der Waals surface area contributed by atoms with Gasteiger partial charge in [-0.15, -0.1) is 0 Å². The first-order valence-corrected chi connectivity index (χ1v) is 7.02. The third-order valence-electron chi connectivity index (χ3n) is 3.60. The lowest BCUT2D eigenvalue weighted by Gasteiger charge is -2.35. The van der Waals surface area contributed by atoms with Crippen LogP contribution >= 0.6 is 11.6 Å². The van der Waals surface area contributed by atoms with E-state index in [4.69, 9.17) is 11.6 Å². The monoisotopic (exact) mass is 306 g/mol. The van der Waals surface area contributed by atoms with E-state index in [2.05, 4.69) is 5.32 Å². The highest BCUT2D eigenvalue weighted by atomic mass is 35.5. The van der Waals surface area contributed by atoms with Crippen molar-refractivity contribution in [3.63, 3.8) is 0 Å². The average Bonchev–Trinajstić information content (AvgIpc) is 2.39. The third kappa shape index (κ3) is 4.11. The maximum atomic E-state index is 12.9. The second kappa shape index (κ2) is 6.33. The fourth-order valence-electron chi connectivity index (χ4n) is 2.49. The highest BCUT2D eigenvalue weighted by molar-refractivity contribution is 6.31. The van der Waals surface area contributed by atoms with E-state index in [9.17, 15) is 13.2 Å². The maximum Gasteiger partial charge on any atom is 0.390 e. The number of hydrogen-bond donors (Lipinski definition) is 1. The Hall–Kier alpha value is -0.780. The summed E-state index contributed by atoms with van der Waals surface area (Å²) in [6.07, 6.45) is -5.03. The van der Waals surface area contributed by atoms with Crippen LogP contribution in [0.15, 0.2) is 18.2 Å². The fourth-order valence-corrected chi connectivity index (χ4v) is 2.68. The van der Waals surface area contributed by atoms with Crippen LogP contribution in [0.4, 0.5) is 13.2 Å². The summed E-state index contributed by atoms with van der Waals surface area (Å²) < 4.78 is 38.6. The smallest absolute Gasteiger partial charge is 0.314 e. The van der Waals surface area contributed by atoms with Crippen molar-refractivity contribution in [3.05, 3.63) is 34.3 Å². The number of halogens is 4. The molecule has 2 rings (SSSR count). The molecule has 1 aliphatic heterocycles. The Kier molecular flexibility index (Phi) is 4.94. The van der Waals surface area contributed by atoms with Crippen molar-refractivity contribution >= 4 is 11.6 Å². The molecule has 6 heteroatoms. The Balaban J connectivity index is 2.26. The molecule has 1 aromatic carbocycles. The van der Waals surface area contributed by atoms with Gasteiger partial charge in [0.2, 0.25) is 0 Å². The molecule has 0 radical (unpaired) electrons. The van der Waals surface area contributed by atoms with Gasteiger partial charge in [-0.25, -0.2) is 0 Å². The second-order valence-electron chi connectivity index (χ2n) is 5.13. The molecule has 0 saturated carbocycles.